The molecule has 1 amide bonds. The molecular weight excluding hydrogens is 455 g/mol. The van der Waals surface area contributed by atoms with Gasteiger partial charge in [0.05, 0.1) is 20.6 Å². The van der Waals surface area contributed by atoms with Crippen LogP contribution >= 0.6 is 23.2 Å². The molecule has 3 aromatic rings. The van der Waals surface area contributed by atoms with Gasteiger partial charge in [0.15, 0.2) is 0 Å². The van der Waals surface area contributed by atoms with Crippen molar-refractivity contribution >= 4 is 50.5 Å². The molecule has 1 N–H and O–H groups in total. The minimum atomic E-state index is -3.98. The van der Waals surface area contributed by atoms with Crippen LogP contribution in [-0.2, 0) is 14.8 Å². The van der Waals surface area contributed by atoms with Crippen LogP contribution in [0.25, 0.3) is 0 Å². The van der Waals surface area contributed by atoms with Crippen LogP contribution in [0, 0.1) is 20.8 Å². The van der Waals surface area contributed by atoms with Crippen LogP contribution in [0.15, 0.2) is 65.6 Å². The summed E-state index contributed by atoms with van der Waals surface area (Å²) in [5, 5.41) is 3.33. The monoisotopic (exact) mass is 476 g/mol. The van der Waals surface area contributed by atoms with Crippen molar-refractivity contribution in [1.29, 1.82) is 0 Å². The van der Waals surface area contributed by atoms with Gasteiger partial charge in [-0.1, -0.05) is 47.0 Å². The number of benzene rings is 3. The maximum atomic E-state index is 13.5. The first-order chi connectivity index (χ1) is 14.6. The third-order valence-corrected chi connectivity index (χ3v) is 7.12. The fraction of sp³-hybridized carbons (Fsp3) is 0.174. The summed E-state index contributed by atoms with van der Waals surface area (Å²) in [4.78, 5) is 12.9. The molecule has 0 unspecified atom stereocenters. The fourth-order valence-electron chi connectivity index (χ4n) is 3.15. The maximum Gasteiger partial charge on any atom is 0.264 e. The van der Waals surface area contributed by atoms with Gasteiger partial charge in [-0.3, -0.25) is 9.10 Å². The molecule has 0 saturated heterocycles. The van der Waals surface area contributed by atoms with E-state index in [-0.39, 0.29) is 9.92 Å². The molecule has 0 aliphatic rings. The lowest BCUT2D eigenvalue weighted by atomic mass is 10.1. The third kappa shape index (κ3) is 5.58. The van der Waals surface area contributed by atoms with Crippen molar-refractivity contribution in [2.75, 3.05) is 16.2 Å². The number of amides is 1. The lowest BCUT2D eigenvalue weighted by molar-refractivity contribution is -0.114. The Labute approximate surface area is 192 Å². The smallest absolute Gasteiger partial charge is 0.264 e. The summed E-state index contributed by atoms with van der Waals surface area (Å²) >= 11 is 11.9. The first-order valence-corrected chi connectivity index (χ1v) is 11.7. The van der Waals surface area contributed by atoms with Crippen LogP contribution in [0.5, 0.6) is 0 Å². The Hall–Kier alpha value is -2.54. The molecule has 0 aromatic heterocycles. The topological polar surface area (TPSA) is 66.5 Å². The fourth-order valence-corrected chi connectivity index (χ4v) is 4.85. The second kappa shape index (κ2) is 9.30. The van der Waals surface area contributed by atoms with Gasteiger partial charge in [-0.2, -0.15) is 0 Å². The number of carbonyl (C=O) groups is 1. The molecule has 0 spiro atoms. The molecular formula is C23H22Cl2N2O3S. The van der Waals surface area contributed by atoms with Gasteiger partial charge in [-0.05, 0) is 74.4 Å². The average Bonchev–Trinajstić information content (AvgIpc) is 2.68. The molecule has 8 heteroatoms. The summed E-state index contributed by atoms with van der Waals surface area (Å²) in [6.45, 7) is 5.23. The van der Waals surface area contributed by atoms with E-state index in [0.29, 0.717) is 16.4 Å². The van der Waals surface area contributed by atoms with Crippen LogP contribution in [0.1, 0.15) is 16.7 Å². The summed E-state index contributed by atoms with van der Waals surface area (Å²) < 4.78 is 28.0. The van der Waals surface area contributed by atoms with Gasteiger partial charge < -0.3 is 5.32 Å². The van der Waals surface area contributed by atoms with Crippen molar-refractivity contribution < 1.29 is 13.2 Å². The number of nitrogens with one attached hydrogen (secondary N) is 1. The molecule has 0 fully saturated rings. The Kier molecular flexibility index (Phi) is 6.94. The summed E-state index contributed by atoms with van der Waals surface area (Å²) in [5.41, 5.74) is 3.57. The predicted molar refractivity (Wildman–Crippen MR) is 127 cm³/mol. The maximum absolute atomic E-state index is 13.5. The molecule has 31 heavy (non-hydrogen) atoms. The van der Waals surface area contributed by atoms with Crippen molar-refractivity contribution in [1.82, 2.24) is 0 Å². The normalized spacial score (nSPS) is 11.3. The van der Waals surface area contributed by atoms with E-state index in [4.69, 9.17) is 23.2 Å². The highest BCUT2D eigenvalue weighted by Crippen LogP contribution is 2.27. The lowest BCUT2D eigenvalue weighted by Gasteiger charge is -2.25. The number of aryl methyl sites for hydroxylation is 3. The van der Waals surface area contributed by atoms with Crippen LogP contribution in [0.4, 0.5) is 11.4 Å². The number of sulfonamides is 1. The second-order valence-electron chi connectivity index (χ2n) is 7.35. The van der Waals surface area contributed by atoms with Gasteiger partial charge in [-0.25, -0.2) is 8.42 Å². The largest absolute Gasteiger partial charge is 0.324 e. The Balaban J connectivity index is 1.98. The highest BCUT2D eigenvalue weighted by molar-refractivity contribution is 7.92. The van der Waals surface area contributed by atoms with E-state index in [0.717, 1.165) is 21.0 Å². The van der Waals surface area contributed by atoms with E-state index in [1.165, 1.54) is 18.2 Å². The van der Waals surface area contributed by atoms with E-state index in [9.17, 15) is 13.2 Å². The highest BCUT2D eigenvalue weighted by Gasteiger charge is 2.27. The Bertz CT molecular complexity index is 1210. The standard InChI is InChI=1S/C23H22Cl2N2O3S/c1-15-4-7-20(8-5-15)31(29,30)27(19-11-16(2)10-17(3)12-19)14-23(28)26-18-6-9-21(24)22(25)13-18/h4-13H,14H2,1-3H3,(H,26,28). The Morgan fingerprint density at radius 3 is 2.03 bits per heavy atom. The minimum Gasteiger partial charge on any atom is -0.324 e. The number of carbonyl (C=O) groups excluding carboxylic acids is 1. The molecule has 162 valence electrons. The number of hydrogen-bond acceptors (Lipinski definition) is 3. The molecule has 0 saturated carbocycles. The zero-order valence-corrected chi connectivity index (χ0v) is 19.6. The van der Waals surface area contributed by atoms with Gasteiger partial charge in [0.2, 0.25) is 5.91 Å². The second-order valence-corrected chi connectivity index (χ2v) is 10.0. The van der Waals surface area contributed by atoms with Crippen molar-refractivity contribution in [2.45, 2.75) is 25.7 Å². The van der Waals surface area contributed by atoms with Gasteiger partial charge in [0.1, 0.15) is 6.54 Å². The van der Waals surface area contributed by atoms with Crippen LogP contribution < -0.4 is 9.62 Å². The number of halogens is 2. The first kappa shape index (κ1) is 23.1. The van der Waals surface area contributed by atoms with Crippen LogP contribution in [0.3, 0.4) is 0 Å². The average molecular weight is 477 g/mol. The van der Waals surface area contributed by atoms with Crippen LogP contribution in [0.2, 0.25) is 10.0 Å². The SMILES string of the molecule is Cc1ccc(S(=O)(=O)N(CC(=O)Nc2ccc(Cl)c(Cl)c2)c2cc(C)cc(C)c2)cc1. The van der Waals surface area contributed by atoms with E-state index in [2.05, 4.69) is 5.32 Å². The predicted octanol–water partition coefficient (Wildman–Crippen LogP) is 5.75. The number of anilines is 2. The minimum absolute atomic E-state index is 0.111. The van der Waals surface area contributed by atoms with Gasteiger partial charge >= 0.3 is 0 Å². The molecule has 0 heterocycles. The number of rotatable bonds is 6. The van der Waals surface area contributed by atoms with Crippen molar-refractivity contribution in [3.05, 3.63) is 87.4 Å². The molecule has 0 bridgehead atoms. The zero-order valence-electron chi connectivity index (χ0n) is 17.3. The van der Waals surface area contributed by atoms with E-state index in [1.54, 1.807) is 36.4 Å². The molecule has 0 radical (unpaired) electrons. The molecule has 3 aromatic carbocycles. The Morgan fingerprint density at radius 2 is 1.45 bits per heavy atom. The molecule has 3 rings (SSSR count). The Morgan fingerprint density at radius 1 is 0.839 bits per heavy atom. The summed E-state index contributed by atoms with van der Waals surface area (Å²) in [6, 6.07) is 16.6. The molecule has 5 nitrogen and oxygen atoms in total. The first-order valence-electron chi connectivity index (χ1n) is 9.49. The molecule has 0 aliphatic heterocycles. The summed E-state index contributed by atoms with van der Waals surface area (Å²) in [7, 11) is -3.98. The number of nitrogens with zero attached hydrogens (tertiary/aromatic N) is 1. The quantitative estimate of drug-likeness (QED) is 0.492. The summed E-state index contributed by atoms with van der Waals surface area (Å²) in [6.07, 6.45) is 0. The van der Waals surface area contributed by atoms with Crippen molar-refractivity contribution in [3.63, 3.8) is 0 Å². The van der Waals surface area contributed by atoms with Gasteiger partial charge in [0, 0.05) is 5.69 Å². The van der Waals surface area contributed by atoms with Gasteiger partial charge in [0.25, 0.3) is 10.0 Å². The lowest BCUT2D eigenvalue weighted by Crippen LogP contribution is -2.38. The molecule has 0 atom stereocenters. The zero-order chi connectivity index (χ0) is 22.8. The van der Waals surface area contributed by atoms with Gasteiger partial charge in [-0.15, -0.1) is 0 Å². The summed E-state index contributed by atoms with van der Waals surface area (Å²) in [5.74, 6) is -0.506. The highest BCUT2D eigenvalue weighted by atomic mass is 35.5. The third-order valence-electron chi connectivity index (χ3n) is 4.59. The van der Waals surface area contributed by atoms with E-state index in [1.807, 2.05) is 26.8 Å². The van der Waals surface area contributed by atoms with Crippen molar-refractivity contribution in [3.8, 4) is 0 Å². The molecule has 0 aliphatic carbocycles. The van der Waals surface area contributed by atoms with E-state index < -0.39 is 22.5 Å². The van der Waals surface area contributed by atoms with E-state index >= 15 is 0 Å². The van der Waals surface area contributed by atoms with Crippen molar-refractivity contribution in [2.24, 2.45) is 0 Å². The van der Waals surface area contributed by atoms with Crippen LogP contribution in [-0.4, -0.2) is 20.9 Å². The number of hydrogen-bond donors (Lipinski definition) is 1.